The molecule has 0 amide bonds. The minimum atomic E-state index is -2.61. The summed E-state index contributed by atoms with van der Waals surface area (Å²) in [6, 6.07) is 13.3. The highest BCUT2D eigenvalue weighted by atomic mass is 19.3. The lowest BCUT2D eigenvalue weighted by atomic mass is 10.1. The molecule has 2 N–H and O–H groups in total. The first kappa shape index (κ1) is 24.6. The second-order valence-electron chi connectivity index (χ2n) is 7.77. The SMILES string of the molecule is Cc1ccc(Cn2c(=O)n(C[C@H](C)C(=O)O)c(=O)[nH]/c2=N\c2ccc(OCC(F)F)cc2)cc1. The van der Waals surface area contributed by atoms with Crippen LogP contribution in [-0.2, 0) is 17.9 Å². The molecule has 0 bridgehead atoms. The fourth-order valence-corrected chi connectivity index (χ4v) is 3.07. The standard InChI is InChI=1S/C23H24F2N4O5/c1-14-3-5-16(6-4-14)12-28-21(26-17-7-9-18(10-8-17)34-13-19(24)25)27-22(32)29(23(28)33)11-15(2)20(30)31/h3-10,15,19H,11-13H2,1-2H3,(H,30,31)(H,26,27,32)/t15-/m0/s1. The summed E-state index contributed by atoms with van der Waals surface area (Å²) >= 11 is 0. The van der Waals surface area contributed by atoms with Crippen LogP contribution in [0.15, 0.2) is 63.1 Å². The van der Waals surface area contributed by atoms with Gasteiger partial charge in [-0.3, -0.25) is 14.3 Å². The summed E-state index contributed by atoms with van der Waals surface area (Å²) in [7, 11) is 0. The number of benzene rings is 2. The maximum absolute atomic E-state index is 13.2. The Morgan fingerprint density at radius 1 is 1.09 bits per heavy atom. The van der Waals surface area contributed by atoms with Crippen LogP contribution in [0.5, 0.6) is 5.75 Å². The molecule has 0 fully saturated rings. The third-order valence-electron chi connectivity index (χ3n) is 4.97. The molecule has 3 rings (SSSR count). The molecule has 0 aliphatic rings. The molecule has 9 nitrogen and oxygen atoms in total. The zero-order valence-electron chi connectivity index (χ0n) is 18.6. The molecule has 3 aromatic rings. The van der Waals surface area contributed by atoms with Crippen molar-refractivity contribution in [3.63, 3.8) is 0 Å². The number of aliphatic carboxylic acids is 1. The molecule has 2 aromatic carbocycles. The molecular formula is C23H24F2N4O5. The topological polar surface area (TPSA) is 119 Å². The molecule has 1 heterocycles. The van der Waals surface area contributed by atoms with E-state index >= 15 is 0 Å². The first-order chi connectivity index (χ1) is 16.1. The van der Waals surface area contributed by atoms with Gasteiger partial charge in [0, 0.05) is 6.54 Å². The van der Waals surface area contributed by atoms with Crippen LogP contribution >= 0.6 is 0 Å². The molecule has 0 aliphatic carbocycles. The van der Waals surface area contributed by atoms with E-state index in [1.807, 2.05) is 31.2 Å². The Hall–Kier alpha value is -4.02. The van der Waals surface area contributed by atoms with Crippen LogP contribution in [0, 0.1) is 12.8 Å². The van der Waals surface area contributed by atoms with Gasteiger partial charge in [-0.05, 0) is 36.8 Å². The van der Waals surface area contributed by atoms with Crippen LogP contribution < -0.4 is 21.7 Å². The number of nitrogens with one attached hydrogen (secondary N) is 1. The van der Waals surface area contributed by atoms with E-state index in [1.165, 1.54) is 35.8 Å². The predicted molar refractivity (Wildman–Crippen MR) is 120 cm³/mol. The van der Waals surface area contributed by atoms with Gasteiger partial charge in [-0.15, -0.1) is 0 Å². The number of carboxylic acids is 1. The van der Waals surface area contributed by atoms with Gasteiger partial charge in [0.1, 0.15) is 12.4 Å². The van der Waals surface area contributed by atoms with E-state index in [2.05, 4.69) is 9.98 Å². The first-order valence-corrected chi connectivity index (χ1v) is 10.4. The molecule has 180 valence electrons. The van der Waals surface area contributed by atoms with Crippen molar-refractivity contribution in [2.75, 3.05) is 6.61 Å². The number of halogens is 2. The molecule has 1 atom stereocenters. The quantitative estimate of drug-likeness (QED) is 0.493. The van der Waals surface area contributed by atoms with Crippen LogP contribution in [0.3, 0.4) is 0 Å². The Labute approximate surface area is 192 Å². The third kappa shape index (κ3) is 6.27. The van der Waals surface area contributed by atoms with Gasteiger partial charge < -0.3 is 9.84 Å². The van der Waals surface area contributed by atoms with Gasteiger partial charge in [0.05, 0.1) is 18.2 Å². The minimum absolute atomic E-state index is 0.0453. The van der Waals surface area contributed by atoms with Gasteiger partial charge in [-0.25, -0.2) is 27.9 Å². The van der Waals surface area contributed by atoms with Crippen LogP contribution in [0.25, 0.3) is 0 Å². The average Bonchev–Trinajstić information content (AvgIpc) is 2.79. The molecule has 1 aromatic heterocycles. The van der Waals surface area contributed by atoms with E-state index < -0.39 is 36.3 Å². The number of carbonyl (C=O) groups is 1. The van der Waals surface area contributed by atoms with Crippen molar-refractivity contribution in [2.45, 2.75) is 33.4 Å². The van der Waals surface area contributed by atoms with Crippen LogP contribution in [0.4, 0.5) is 14.5 Å². The second-order valence-corrected chi connectivity index (χ2v) is 7.77. The summed E-state index contributed by atoms with van der Waals surface area (Å²) in [5.74, 6) is -1.88. The fourth-order valence-electron chi connectivity index (χ4n) is 3.07. The summed E-state index contributed by atoms with van der Waals surface area (Å²) in [5.41, 5.74) is 0.582. The van der Waals surface area contributed by atoms with E-state index in [4.69, 9.17) is 4.74 Å². The van der Waals surface area contributed by atoms with Crippen molar-refractivity contribution in [1.82, 2.24) is 14.1 Å². The number of alkyl halides is 2. The lowest BCUT2D eigenvalue weighted by molar-refractivity contribution is -0.141. The molecule has 0 spiro atoms. The number of hydrogen-bond donors (Lipinski definition) is 2. The highest BCUT2D eigenvalue weighted by Gasteiger charge is 2.17. The van der Waals surface area contributed by atoms with Gasteiger partial charge in [-0.2, -0.15) is 0 Å². The van der Waals surface area contributed by atoms with Gasteiger partial charge in [0.2, 0.25) is 5.62 Å². The van der Waals surface area contributed by atoms with Crippen LogP contribution in [-0.4, -0.2) is 38.2 Å². The van der Waals surface area contributed by atoms with Gasteiger partial charge in [0.15, 0.2) is 0 Å². The third-order valence-corrected chi connectivity index (χ3v) is 4.97. The Balaban J connectivity index is 2.07. The zero-order chi connectivity index (χ0) is 24.8. The predicted octanol–water partition coefficient (Wildman–Crippen LogP) is 2.29. The van der Waals surface area contributed by atoms with E-state index in [1.54, 1.807) is 0 Å². The molecule has 0 aliphatic heterocycles. The summed E-state index contributed by atoms with van der Waals surface area (Å²) in [4.78, 5) is 43.9. The average molecular weight is 474 g/mol. The van der Waals surface area contributed by atoms with Crippen molar-refractivity contribution in [2.24, 2.45) is 10.9 Å². The monoisotopic (exact) mass is 474 g/mol. The van der Waals surface area contributed by atoms with Gasteiger partial charge >= 0.3 is 17.3 Å². The Bertz CT molecular complexity index is 1330. The zero-order valence-corrected chi connectivity index (χ0v) is 18.6. The summed E-state index contributed by atoms with van der Waals surface area (Å²) in [5, 5.41) is 9.19. The smallest absolute Gasteiger partial charge is 0.335 e. The van der Waals surface area contributed by atoms with Crippen molar-refractivity contribution >= 4 is 11.7 Å². The largest absolute Gasteiger partial charge is 0.488 e. The lowest BCUT2D eigenvalue weighted by Gasteiger charge is -2.13. The number of aromatic amines is 1. The second kappa shape index (κ2) is 10.7. The van der Waals surface area contributed by atoms with Crippen LogP contribution in [0.1, 0.15) is 18.1 Å². The van der Waals surface area contributed by atoms with E-state index in [9.17, 15) is 28.3 Å². The first-order valence-electron chi connectivity index (χ1n) is 10.4. The maximum atomic E-state index is 13.2. The van der Waals surface area contributed by atoms with E-state index in [-0.39, 0.29) is 24.5 Å². The normalized spacial score (nSPS) is 12.7. The van der Waals surface area contributed by atoms with Crippen molar-refractivity contribution in [3.05, 3.63) is 86.2 Å². The van der Waals surface area contributed by atoms with E-state index in [0.29, 0.717) is 5.69 Å². The van der Waals surface area contributed by atoms with Gasteiger partial charge in [0.25, 0.3) is 6.43 Å². The number of carboxylic acid groups (broad SMARTS) is 1. The van der Waals surface area contributed by atoms with Crippen molar-refractivity contribution < 1.29 is 23.4 Å². The Morgan fingerprint density at radius 3 is 2.32 bits per heavy atom. The fraction of sp³-hybridized carbons (Fsp3) is 0.304. The number of ether oxygens (including phenoxy) is 1. The molecule has 11 heteroatoms. The Kier molecular flexibility index (Phi) is 7.77. The number of aromatic nitrogens is 3. The number of aryl methyl sites for hydroxylation is 1. The van der Waals surface area contributed by atoms with Gasteiger partial charge in [-0.1, -0.05) is 36.8 Å². The molecule has 0 saturated carbocycles. The Morgan fingerprint density at radius 2 is 1.74 bits per heavy atom. The lowest BCUT2D eigenvalue weighted by Crippen LogP contribution is -2.51. The number of nitrogens with zero attached hydrogens (tertiary/aromatic N) is 3. The number of hydrogen-bond acceptors (Lipinski definition) is 5. The molecule has 0 saturated heterocycles. The molecular weight excluding hydrogens is 450 g/mol. The maximum Gasteiger partial charge on any atom is 0.335 e. The highest BCUT2D eigenvalue weighted by Crippen LogP contribution is 2.18. The molecule has 0 radical (unpaired) electrons. The van der Waals surface area contributed by atoms with Crippen molar-refractivity contribution in [3.8, 4) is 5.75 Å². The summed E-state index contributed by atoms with van der Waals surface area (Å²) < 4.78 is 31.6. The summed E-state index contributed by atoms with van der Waals surface area (Å²) in [6.45, 7) is 2.34. The number of rotatable bonds is 9. The minimum Gasteiger partial charge on any atom is -0.488 e. The molecule has 34 heavy (non-hydrogen) atoms. The highest BCUT2D eigenvalue weighted by molar-refractivity contribution is 5.69. The summed E-state index contributed by atoms with van der Waals surface area (Å²) in [6.07, 6.45) is -2.61. The molecule has 0 unspecified atom stereocenters. The van der Waals surface area contributed by atoms with E-state index in [0.717, 1.165) is 15.7 Å². The number of H-pyrrole nitrogens is 1. The van der Waals surface area contributed by atoms with Crippen LogP contribution in [0.2, 0.25) is 0 Å². The van der Waals surface area contributed by atoms with Crippen molar-refractivity contribution in [1.29, 1.82) is 0 Å².